The summed E-state index contributed by atoms with van der Waals surface area (Å²) in [6.45, 7) is 5.83. The third kappa shape index (κ3) is 4.07. The summed E-state index contributed by atoms with van der Waals surface area (Å²) in [5.74, 6) is 0.0450. The monoisotopic (exact) mass is 301 g/mol. The van der Waals surface area contributed by atoms with Crippen LogP contribution in [-0.4, -0.2) is 12.0 Å². The number of benzene rings is 2. The number of rotatable bonds is 5. The SMILES string of the molecule is Cc1ccc(OC(C)C(=O)NCc2ccccc2F)cc1C. The maximum atomic E-state index is 13.5. The Hall–Kier alpha value is -2.36. The van der Waals surface area contributed by atoms with E-state index in [1.54, 1.807) is 25.1 Å². The van der Waals surface area contributed by atoms with Gasteiger partial charge in [-0.05, 0) is 50.1 Å². The summed E-state index contributed by atoms with van der Waals surface area (Å²) in [5.41, 5.74) is 2.73. The van der Waals surface area contributed by atoms with Crippen molar-refractivity contribution in [1.82, 2.24) is 5.32 Å². The molecule has 0 saturated carbocycles. The molecule has 1 atom stereocenters. The zero-order chi connectivity index (χ0) is 16.1. The van der Waals surface area contributed by atoms with Gasteiger partial charge in [0.15, 0.2) is 6.10 Å². The highest BCUT2D eigenvalue weighted by Crippen LogP contribution is 2.17. The molecule has 1 unspecified atom stereocenters. The third-order valence-electron chi connectivity index (χ3n) is 3.57. The summed E-state index contributed by atoms with van der Waals surface area (Å²) in [4.78, 5) is 12.0. The van der Waals surface area contributed by atoms with E-state index in [-0.39, 0.29) is 18.3 Å². The van der Waals surface area contributed by atoms with E-state index in [0.29, 0.717) is 11.3 Å². The van der Waals surface area contributed by atoms with Crippen molar-refractivity contribution in [3.05, 3.63) is 65.0 Å². The second-order valence-electron chi connectivity index (χ2n) is 5.32. The quantitative estimate of drug-likeness (QED) is 0.917. The number of aryl methyl sites for hydroxylation is 2. The second kappa shape index (κ2) is 7.07. The van der Waals surface area contributed by atoms with Crippen LogP contribution in [0.15, 0.2) is 42.5 Å². The van der Waals surface area contributed by atoms with E-state index in [4.69, 9.17) is 4.74 Å². The van der Waals surface area contributed by atoms with Crippen molar-refractivity contribution >= 4 is 5.91 Å². The number of hydrogen-bond acceptors (Lipinski definition) is 2. The van der Waals surface area contributed by atoms with Gasteiger partial charge in [-0.3, -0.25) is 4.79 Å². The zero-order valence-electron chi connectivity index (χ0n) is 13.0. The van der Waals surface area contributed by atoms with E-state index < -0.39 is 6.10 Å². The summed E-state index contributed by atoms with van der Waals surface area (Å²) in [6.07, 6.45) is -0.645. The molecule has 0 aliphatic rings. The summed E-state index contributed by atoms with van der Waals surface area (Å²) >= 11 is 0. The molecule has 2 rings (SSSR count). The van der Waals surface area contributed by atoms with Gasteiger partial charge < -0.3 is 10.1 Å². The van der Waals surface area contributed by atoms with Gasteiger partial charge in [0.05, 0.1) is 0 Å². The topological polar surface area (TPSA) is 38.3 Å². The average Bonchev–Trinajstić information content (AvgIpc) is 2.50. The van der Waals surface area contributed by atoms with Crippen LogP contribution in [0.1, 0.15) is 23.6 Å². The minimum Gasteiger partial charge on any atom is -0.481 e. The van der Waals surface area contributed by atoms with Crippen LogP contribution in [0.3, 0.4) is 0 Å². The van der Waals surface area contributed by atoms with Crippen molar-refractivity contribution in [1.29, 1.82) is 0 Å². The molecule has 0 aliphatic heterocycles. The molecule has 2 aromatic rings. The molecule has 22 heavy (non-hydrogen) atoms. The van der Waals surface area contributed by atoms with Crippen molar-refractivity contribution in [2.75, 3.05) is 0 Å². The predicted octanol–water partition coefficient (Wildman–Crippen LogP) is 3.53. The van der Waals surface area contributed by atoms with Crippen LogP contribution in [0.25, 0.3) is 0 Å². The van der Waals surface area contributed by atoms with Crippen LogP contribution < -0.4 is 10.1 Å². The molecule has 0 spiro atoms. The van der Waals surface area contributed by atoms with Crippen LogP contribution >= 0.6 is 0 Å². The molecule has 0 bridgehead atoms. The Morgan fingerprint density at radius 2 is 1.91 bits per heavy atom. The first kappa shape index (κ1) is 16.0. The van der Waals surface area contributed by atoms with E-state index in [1.165, 1.54) is 11.6 Å². The van der Waals surface area contributed by atoms with Crippen LogP contribution in [0.2, 0.25) is 0 Å². The van der Waals surface area contributed by atoms with Crippen molar-refractivity contribution in [2.45, 2.75) is 33.4 Å². The van der Waals surface area contributed by atoms with Crippen LogP contribution in [0.4, 0.5) is 4.39 Å². The van der Waals surface area contributed by atoms with Crippen molar-refractivity contribution in [3.8, 4) is 5.75 Å². The maximum Gasteiger partial charge on any atom is 0.261 e. The van der Waals surface area contributed by atoms with Gasteiger partial charge in [-0.15, -0.1) is 0 Å². The summed E-state index contributed by atoms with van der Waals surface area (Å²) in [6, 6.07) is 12.1. The highest BCUT2D eigenvalue weighted by Gasteiger charge is 2.15. The van der Waals surface area contributed by atoms with E-state index in [2.05, 4.69) is 5.32 Å². The Morgan fingerprint density at radius 1 is 1.18 bits per heavy atom. The number of hydrogen-bond donors (Lipinski definition) is 1. The molecule has 116 valence electrons. The van der Waals surface area contributed by atoms with E-state index >= 15 is 0 Å². The average molecular weight is 301 g/mol. The van der Waals surface area contributed by atoms with Gasteiger partial charge in [-0.2, -0.15) is 0 Å². The number of carbonyl (C=O) groups is 1. The molecule has 0 heterocycles. The zero-order valence-corrected chi connectivity index (χ0v) is 13.0. The fourth-order valence-corrected chi connectivity index (χ4v) is 2.01. The molecule has 0 saturated heterocycles. The fourth-order valence-electron chi connectivity index (χ4n) is 2.01. The first-order chi connectivity index (χ1) is 10.5. The predicted molar refractivity (Wildman–Crippen MR) is 84.3 cm³/mol. The minimum absolute atomic E-state index is 0.145. The van der Waals surface area contributed by atoms with Crippen molar-refractivity contribution in [2.24, 2.45) is 0 Å². The normalized spacial score (nSPS) is 11.8. The standard InChI is InChI=1S/C18H20FNO2/c1-12-8-9-16(10-13(12)2)22-14(3)18(21)20-11-15-6-4-5-7-17(15)19/h4-10,14H,11H2,1-3H3,(H,20,21). The smallest absolute Gasteiger partial charge is 0.261 e. The lowest BCUT2D eigenvalue weighted by molar-refractivity contribution is -0.127. The molecule has 0 radical (unpaired) electrons. The largest absolute Gasteiger partial charge is 0.481 e. The van der Waals surface area contributed by atoms with Crippen LogP contribution in [0.5, 0.6) is 5.75 Å². The van der Waals surface area contributed by atoms with Crippen molar-refractivity contribution in [3.63, 3.8) is 0 Å². The Bertz CT molecular complexity index is 670. The molecule has 4 heteroatoms. The Kier molecular flexibility index (Phi) is 5.15. The summed E-state index contributed by atoms with van der Waals surface area (Å²) in [5, 5.41) is 2.68. The lowest BCUT2D eigenvalue weighted by atomic mass is 10.1. The third-order valence-corrected chi connectivity index (χ3v) is 3.57. The molecule has 3 nitrogen and oxygen atoms in total. The van der Waals surface area contributed by atoms with Gasteiger partial charge in [-0.1, -0.05) is 24.3 Å². The van der Waals surface area contributed by atoms with Gasteiger partial charge >= 0.3 is 0 Å². The number of halogens is 1. The van der Waals surface area contributed by atoms with Gasteiger partial charge in [-0.25, -0.2) is 4.39 Å². The number of carbonyl (C=O) groups excluding carboxylic acids is 1. The summed E-state index contributed by atoms with van der Waals surface area (Å²) in [7, 11) is 0. The highest BCUT2D eigenvalue weighted by molar-refractivity contribution is 5.80. The first-order valence-electron chi connectivity index (χ1n) is 7.22. The lowest BCUT2D eigenvalue weighted by Crippen LogP contribution is -2.36. The van der Waals surface area contributed by atoms with Crippen molar-refractivity contribution < 1.29 is 13.9 Å². The Balaban J connectivity index is 1.92. The molecular formula is C18H20FNO2. The highest BCUT2D eigenvalue weighted by atomic mass is 19.1. The molecule has 2 aromatic carbocycles. The maximum absolute atomic E-state index is 13.5. The van der Waals surface area contributed by atoms with Gasteiger partial charge in [0.25, 0.3) is 5.91 Å². The molecular weight excluding hydrogens is 281 g/mol. The van der Waals surface area contributed by atoms with Crippen LogP contribution in [-0.2, 0) is 11.3 Å². The number of ether oxygens (including phenoxy) is 1. The van der Waals surface area contributed by atoms with Gasteiger partial charge in [0.1, 0.15) is 11.6 Å². The summed E-state index contributed by atoms with van der Waals surface area (Å²) < 4.78 is 19.1. The number of nitrogens with one attached hydrogen (secondary N) is 1. The minimum atomic E-state index is -0.645. The molecule has 0 aliphatic carbocycles. The van der Waals surface area contributed by atoms with E-state index in [1.807, 2.05) is 32.0 Å². The fraction of sp³-hybridized carbons (Fsp3) is 0.278. The molecule has 1 amide bonds. The van der Waals surface area contributed by atoms with Crippen LogP contribution in [0, 0.1) is 19.7 Å². The molecule has 1 N–H and O–H groups in total. The second-order valence-corrected chi connectivity index (χ2v) is 5.32. The van der Waals surface area contributed by atoms with E-state index in [0.717, 1.165) is 5.56 Å². The first-order valence-corrected chi connectivity index (χ1v) is 7.22. The van der Waals surface area contributed by atoms with E-state index in [9.17, 15) is 9.18 Å². The Labute approximate surface area is 130 Å². The number of amides is 1. The lowest BCUT2D eigenvalue weighted by Gasteiger charge is -2.15. The van der Waals surface area contributed by atoms with Gasteiger partial charge in [0.2, 0.25) is 0 Å². The molecule has 0 fully saturated rings. The van der Waals surface area contributed by atoms with Gasteiger partial charge in [0, 0.05) is 12.1 Å². The molecule has 0 aromatic heterocycles. The Morgan fingerprint density at radius 3 is 2.59 bits per heavy atom.